The molecule has 0 fully saturated rings. The number of hydrogen-bond donors (Lipinski definition) is 1. The molecule has 0 aliphatic rings. The zero-order valence-corrected chi connectivity index (χ0v) is 13.5. The molecule has 1 N–H and O–H groups in total. The number of nitrogens with one attached hydrogen (secondary N) is 1. The van der Waals surface area contributed by atoms with Crippen molar-refractivity contribution >= 4 is 11.9 Å². The average Bonchev–Trinajstić information content (AvgIpc) is 2.20. The van der Waals surface area contributed by atoms with Crippen molar-refractivity contribution in [3.05, 3.63) is 0 Å². The van der Waals surface area contributed by atoms with Crippen molar-refractivity contribution < 1.29 is 14.3 Å². The Labute approximate surface area is 117 Å². The van der Waals surface area contributed by atoms with Crippen LogP contribution in [0.3, 0.4) is 0 Å². The van der Waals surface area contributed by atoms with Crippen LogP contribution >= 0.6 is 0 Å². The largest absolute Gasteiger partial charge is 0.458 e. The first-order valence-corrected chi connectivity index (χ1v) is 6.99. The summed E-state index contributed by atoms with van der Waals surface area (Å²) in [7, 11) is 0. The van der Waals surface area contributed by atoms with E-state index in [0.29, 0.717) is 0 Å². The molecule has 0 aromatic heterocycles. The third kappa shape index (κ3) is 6.60. The second-order valence-electron chi connectivity index (χ2n) is 6.80. The number of carbonyl (C=O) groups excluding carboxylic acids is 2. The molecule has 0 spiro atoms. The van der Waals surface area contributed by atoms with Gasteiger partial charge < -0.3 is 10.1 Å². The van der Waals surface area contributed by atoms with E-state index in [4.69, 9.17) is 4.74 Å². The molecule has 4 nitrogen and oxygen atoms in total. The third-order valence-corrected chi connectivity index (χ3v) is 3.04. The van der Waals surface area contributed by atoms with Gasteiger partial charge in [-0.3, -0.25) is 4.79 Å². The van der Waals surface area contributed by atoms with E-state index in [1.54, 1.807) is 0 Å². The summed E-state index contributed by atoms with van der Waals surface area (Å²) in [5, 5.41) is 2.81. The van der Waals surface area contributed by atoms with Gasteiger partial charge in [-0.05, 0) is 32.6 Å². The maximum absolute atomic E-state index is 12.1. The molecule has 1 unspecified atom stereocenters. The summed E-state index contributed by atoms with van der Waals surface area (Å²) in [5.74, 6) is -0.348. The van der Waals surface area contributed by atoms with E-state index in [9.17, 15) is 9.59 Å². The second-order valence-corrected chi connectivity index (χ2v) is 6.80. The third-order valence-electron chi connectivity index (χ3n) is 3.04. The Balaban J connectivity index is 4.76. The highest BCUT2D eigenvalue weighted by atomic mass is 16.6. The molecule has 0 aliphatic carbocycles. The van der Waals surface area contributed by atoms with Crippen molar-refractivity contribution in [3.8, 4) is 0 Å². The number of amides is 1. The standard InChI is InChI=1S/C15H29NO3/c1-9(2)11(5)13(17)16-12(10(3)4)14(18)19-15(6,7)8/h9-12H,1-8H3,(H,16,17)/t11?,12-/m0/s1. The van der Waals surface area contributed by atoms with E-state index in [2.05, 4.69) is 5.32 Å². The van der Waals surface area contributed by atoms with Crippen LogP contribution in [-0.2, 0) is 14.3 Å². The lowest BCUT2D eigenvalue weighted by Gasteiger charge is -2.28. The fourth-order valence-electron chi connectivity index (χ4n) is 1.45. The maximum Gasteiger partial charge on any atom is 0.329 e. The second kappa shape index (κ2) is 6.92. The van der Waals surface area contributed by atoms with Crippen molar-refractivity contribution in [2.45, 2.75) is 67.0 Å². The summed E-state index contributed by atoms with van der Waals surface area (Å²) in [6.45, 7) is 15.1. The fourth-order valence-corrected chi connectivity index (χ4v) is 1.45. The van der Waals surface area contributed by atoms with Gasteiger partial charge in [0.1, 0.15) is 11.6 Å². The summed E-state index contributed by atoms with van der Waals surface area (Å²) in [4.78, 5) is 24.1. The van der Waals surface area contributed by atoms with Gasteiger partial charge in [0.2, 0.25) is 5.91 Å². The summed E-state index contributed by atoms with van der Waals surface area (Å²) >= 11 is 0. The minimum atomic E-state index is -0.590. The minimum Gasteiger partial charge on any atom is -0.458 e. The van der Waals surface area contributed by atoms with Gasteiger partial charge in [0.25, 0.3) is 0 Å². The zero-order valence-electron chi connectivity index (χ0n) is 13.5. The summed E-state index contributed by atoms with van der Waals surface area (Å²) in [5.41, 5.74) is -0.543. The Bertz CT molecular complexity index is 316. The Kier molecular flexibility index (Phi) is 6.53. The van der Waals surface area contributed by atoms with Gasteiger partial charge in [-0.1, -0.05) is 34.6 Å². The first kappa shape index (κ1) is 17.9. The molecule has 0 radical (unpaired) electrons. The summed E-state index contributed by atoms with van der Waals surface area (Å²) in [6, 6.07) is -0.590. The van der Waals surface area contributed by atoms with Crippen LogP contribution < -0.4 is 5.32 Å². The van der Waals surface area contributed by atoms with E-state index >= 15 is 0 Å². The highest BCUT2D eigenvalue weighted by molar-refractivity contribution is 5.86. The molecule has 0 saturated carbocycles. The molecule has 0 aliphatic heterocycles. The van der Waals surface area contributed by atoms with Crippen molar-refractivity contribution in [2.75, 3.05) is 0 Å². The SMILES string of the molecule is CC(C)C(C)C(=O)N[C@H](C(=O)OC(C)(C)C)C(C)C. The molecule has 0 bridgehead atoms. The van der Waals surface area contributed by atoms with E-state index < -0.39 is 11.6 Å². The first-order chi connectivity index (χ1) is 8.45. The quantitative estimate of drug-likeness (QED) is 0.782. The number of hydrogen-bond acceptors (Lipinski definition) is 3. The highest BCUT2D eigenvalue weighted by Gasteiger charge is 2.30. The van der Waals surface area contributed by atoms with E-state index in [-0.39, 0.29) is 29.6 Å². The molecule has 0 aromatic carbocycles. The van der Waals surface area contributed by atoms with Gasteiger partial charge in [0, 0.05) is 5.92 Å². The van der Waals surface area contributed by atoms with Crippen LogP contribution in [0.4, 0.5) is 0 Å². The Hall–Kier alpha value is -1.06. The van der Waals surface area contributed by atoms with E-state index in [0.717, 1.165) is 0 Å². The number of rotatable bonds is 5. The van der Waals surface area contributed by atoms with Crippen LogP contribution in [0, 0.1) is 17.8 Å². The summed E-state index contributed by atoms with van der Waals surface area (Å²) in [6.07, 6.45) is 0. The number of esters is 1. The van der Waals surface area contributed by atoms with E-state index in [1.807, 2.05) is 55.4 Å². The van der Waals surface area contributed by atoms with Crippen molar-refractivity contribution in [3.63, 3.8) is 0 Å². The average molecular weight is 271 g/mol. The molecule has 0 aromatic rings. The lowest BCUT2D eigenvalue weighted by molar-refractivity contribution is -0.160. The summed E-state index contributed by atoms with van der Waals surface area (Å²) < 4.78 is 5.35. The van der Waals surface area contributed by atoms with E-state index in [1.165, 1.54) is 0 Å². The Morgan fingerprint density at radius 2 is 1.42 bits per heavy atom. The fraction of sp³-hybridized carbons (Fsp3) is 0.867. The normalized spacial score (nSPS) is 15.3. The lowest BCUT2D eigenvalue weighted by Crippen LogP contribution is -2.49. The van der Waals surface area contributed by atoms with Crippen LogP contribution in [0.2, 0.25) is 0 Å². The topological polar surface area (TPSA) is 55.4 Å². The minimum absolute atomic E-state index is 0.00170. The van der Waals surface area contributed by atoms with Gasteiger partial charge in [0.05, 0.1) is 0 Å². The molecule has 0 heterocycles. The van der Waals surface area contributed by atoms with Crippen LogP contribution in [0.5, 0.6) is 0 Å². The smallest absolute Gasteiger partial charge is 0.329 e. The van der Waals surface area contributed by atoms with Gasteiger partial charge in [0.15, 0.2) is 0 Å². The Morgan fingerprint density at radius 1 is 0.947 bits per heavy atom. The molecule has 0 rings (SSSR count). The van der Waals surface area contributed by atoms with Crippen LogP contribution in [0.15, 0.2) is 0 Å². The monoisotopic (exact) mass is 271 g/mol. The molecule has 0 saturated heterocycles. The lowest BCUT2D eigenvalue weighted by atomic mass is 9.95. The molecule has 2 atom stereocenters. The maximum atomic E-state index is 12.1. The number of carbonyl (C=O) groups is 2. The van der Waals surface area contributed by atoms with Crippen molar-refractivity contribution in [1.82, 2.24) is 5.32 Å². The predicted molar refractivity (Wildman–Crippen MR) is 76.6 cm³/mol. The van der Waals surface area contributed by atoms with Gasteiger partial charge in [-0.15, -0.1) is 0 Å². The van der Waals surface area contributed by atoms with Crippen LogP contribution in [0.1, 0.15) is 55.4 Å². The van der Waals surface area contributed by atoms with Crippen molar-refractivity contribution in [1.29, 1.82) is 0 Å². The van der Waals surface area contributed by atoms with Crippen LogP contribution in [0.25, 0.3) is 0 Å². The molecule has 112 valence electrons. The molecule has 19 heavy (non-hydrogen) atoms. The molecular weight excluding hydrogens is 242 g/mol. The van der Waals surface area contributed by atoms with Gasteiger partial charge >= 0.3 is 5.97 Å². The Morgan fingerprint density at radius 3 is 1.74 bits per heavy atom. The molecule has 4 heteroatoms. The van der Waals surface area contributed by atoms with Crippen LogP contribution in [-0.4, -0.2) is 23.5 Å². The molecular formula is C15H29NO3. The first-order valence-electron chi connectivity index (χ1n) is 6.99. The number of ether oxygens (including phenoxy) is 1. The predicted octanol–water partition coefficient (Wildman–Crippen LogP) is 2.76. The molecule has 1 amide bonds. The zero-order chi connectivity index (χ0) is 15.4. The van der Waals surface area contributed by atoms with Gasteiger partial charge in [-0.2, -0.15) is 0 Å². The highest BCUT2D eigenvalue weighted by Crippen LogP contribution is 2.15. The van der Waals surface area contributed by atoms with Gasteiger partial charge in [-0.25, -0.2) is 4.79 Å². The van der Waals surface area contributed by atoms with Crippen molar-refractivity contribution in [2.24, 2.45) is 17.8 Å².